The first-order valence-corrected chi connectivity index (χ1v) is 11.0. The number of carbonyl (C=O) groups excluding carboxylic acids is 1. The summed E-state index contributed by atoms with van der Waals surface area (Å²) in [7, 11) is 0. The number of nitrogens with zero attached hydrogens (tertiary/aromatic N) is 6. The van der Waals surface area contributed by atoms with E-state index < -0.39 is 5.92 Å². The summed E-state index contributed by atoms with van der Waals surface area (Å²) in [6, 6.07) is 6.57. The molecule has 0 spiro atoms. The molecule has 0 aromatic carbocycles. The average Bonchev–Trinajstić information content (AvgIpc) is 3.53. The van der Waals surface area contributed by atoms with Gasteiger partial charge in [0, 0.05) is 48.4 Å². The Kier molecular flexibility index (Phi) is 5.30. The zero-order chi connectivity index (χ0) is 23.2. The smallest absolute Gasteiger partial charge is 0.275 e. The second-order valence-electron chi connectivity index (χ2n) is 8.73. The van der Waals surface area contributed by atoms with Crippen LogP contribution in [0.5, 0.6) is 5.88 Å². The van der Waals surface area contributed by atoms with Gasteiger partial charge < -0.3 is 9.64 Å². The van der Waals surface area contributed by atoms with Crippen LogP contribution in [0.4, 0.5) is 8.78 Å². The summed E-state index contributed by atoms with van der Waals surface area (Å²) in [5, 5.41) is 8.32. The number of ether oxygens (including phenoxy) is 1. The zero-order valence-corrected chi connectivity index (χ0v) is 18.4. The van der Waals surface area contributed by atoms with E-state index in [0.717, 1.165) is 38.1 Å². The van der Waals surface area contributed by atoms with E-state index in [1.165, 1.54) is 16.9 Å². The molecule has 10 heteroatoms. The van der Waals surface area contributed by atoms with Gasteiger partial charge in [0.25, 0.3) is 11.8 Å². The van der Waals surface area contributed by atoms with Crippen molar-refractivity contribution in [2.24, 2.45) is 5.92 Å². The maximum Gasteiger partial charge on any atom is 0.275 e. The highest BCUT2D eigenvalue weighted by Gasteiger charge is 2.49. The van der Waals surface area contributed by atoms with Crippen LogP contribution in [-0.4, -0.2) is 54.5 Å². The number of hydrogen-bond acceptors (Lipinski definition) is 6. The van der Waals surface area contributed by atoms with Crippen LogP contribution in [0.25, 0.3) is 5.69 Å². The van der Waals surface area contributed by atoms with Crippen molar-refractivity contribution < 1.29 is 18.3 Å². The molecule has 0 N–H and O–H groups in total. The van der Waals surface area contributed by atoms with E-state index in [2.05, 4.69) is 20.2 Å². The van der Waals surface area contributed by atoms with Crippen molar-refractivity contribution in [3.05, 3.63) is 59.8 Å². The van der Waals surface area contributed by atoms with E-state index >= 15 is 0 Å². The first-order valence-electron chi connectivity index (χ1n) is 11.0. The van der Waals surface area contributed by atoms with Gasteiger partial charge in [0.2, 0.25) is 5.88 Å². The second-order valence-corrected chi connectivity index (χ2v) is 8.73. The normalized spacial score (nSPS) is 22.1. The van der Waals surface area contributed by atoms with Crippen LogP contribution in [0.1, 0.15) is 47.9 Å². The molecule has 3 unspecified atom stereocenters. The summed E-state index contributed by atoms with van der Waals surface area (Å²) < 4.78 is 32.6. The number of alkyl halides is 2. The Bertz CT molecular complexity index is 1150. The predicted octanol–water partition coefficient (Wildman–Crippen LogP) is 3.55. The lowest BCUT2D eigenvalue weighted by molar-refractivity contribution is 0.0170. The molecule has 1 amide bonds. The minimum absolute atomic E-state index is 0.0301. The molecule has 5 heterocycles. The number of carbonyl (C=O) groups is 1. The molecule has 2 fully saturated rings. The molecule has 2 saturated heterocycles. The summed E-state index contributed by atoms with van der Waals surface area (Å²) in [5.41, 5.74) is 1.47. The first kappa shape index (κ1) is 21.4. The Morgan fingerprint density at radius 2 is 1.97 bits per heavy atom. The molecule has 3 aromatic heterocycles. The van der Waals surface area contributed by atoms with Gasteiger partial charge in [-0.15, -0.1) is 4.80 Å². The molecule has 2 bridgehead atoms. The first-order chi connectivity index (χ1) is 15.8. The molecule has 2 aliphatic heterocycles. The van der Waals surface area contributed by atoms with Crippen LogP contribution >= 0.6 is 0 Å². The van der Waals surface area contributed by atoms with Crippen molar-refractivity contribution in [1.82, 2.24) is 29.9 Å². The van der Waals surface area contributed by atoms with Gasteiger partial charge in [-0.25, -0.2) is 18.7 Å². The van der Waals surface area contributed by atoms with E-state index in [1.54, 1.807) is 12.4 Å². The number of rotatable bonds is 6. The lowest BCUT2D eigenvalue weighted by Crippen LogP contribution is -2.38. The minimum atomic E-state index is -2.94. The third-order valence-electron chi connectivity index (χ3n) is 6.44. The molecule has 172 valence electrons. The molecule has 3 aromatic rings. The Balaban J connectivity index is 1.31. The molecule has 0 aliphatic carbocycles. The highest BCUT2D eigenvalue weighted by Crippen LogP contribution is 2.43. The van der Waals surface area contributed by atoms with Gasteiger partial charge in [0.05, 0.1) is 19.0 Å². The molecular weight excluding hydrogens is 430 g/mol. The summed E-state index contributed by atoms with van der Waals surface area (Å²) in [5.74, 6) is -2.63. The van der Waals surface area contributed by atoms with Gasteiger partial charge in [-0.2, -0.15) is 10.2 Å². The van der Waals surface area contributed by atoms with Gasteiger partial charge in [-0.05, 0) is 44.4 Å². The van der Waals surface area contributed by atoms with Crippen LogP contribution in [0.2, 0.25) is 0 Å². The number of fused-ring (bicyclic) bond motifs is 2. The lowest BCUT2D eigenvalue weighted by atomic mass is 9.90. The topological polar surface area (TPSA) is 86.0 Å². The number of hydrogen-bond donors (Lipinski definition) is 0. The number of amides is 1. The van der Waals surface area contributed by atoms with Crippen LogP contribution in [0, 0.1) is 12.8 Å². The average molecular weight is 454 g/mol. The van der Waals surface area contributed by atoms with Crippen LogP contribution in [0.3, 0.4) is 0 Å². The van der Waals surface area contributed by atoms with E-state index in [9.17, 15) is 13.6 Å². The fourth-order valence-electron chi connectivity index (χ4n) is 4.86. The summed E-state index contributed by atoms with van der Waals surface area (Å²) in [4.78, 5) is 25.5. The molecular formula is C23H24F2N6O2. The maximum absolute atomic E-state index is 13.6. The SMILES string of the molecule is Cc1ccc(-n2nccn2)c(C(=O)N2C3CCC2C(COc2ccc(C(C)(F)F)cn2)C3)n1. The fourth-order valence-corrected chi connectivity index (χ4v) is 4.86. The Morgan fingerprint density at radius 3 is 2.67 bits per heavy atom. The van der Waals surface area contributed by atoms with Crippen molar-refractivity contribution in [3.63, 3.8) is 0 Å². The summed E-state index contributed by atoms with van der Waals surface area (Å²) in [6.45, 7) is 3.05. The van der Waals surface area contributed by atoms with Crippen molar-refractivity contribution in [3.8, 4) is 11.6 Å². The van der Waals surface area contributed by atoms with E-state index in [0.29, 0.717) is 23.9 Å². The van der Waals surface area contributed by atoms with Crippen molar-refractivity contribution in [1.29, 1.82) is 0 Å². The Morgan fingerprint density at radius 1 is 1.18 bits per heavy atom. The third kappa shape index (κ3) is 4.05. The van der Waals surface area contributed by atoms with Crippen molar-refractivity contribution >= 4 is 5.91 Å². The highest BCUT2D eigenvalue weighted by atomic mass is 19.3. The van der Waals surface area contributed by atoms with Crippen molar-refractivity contribution in [2.45, 2.75) is 51.1 Å². The summed E-state index contributed by atoms with van der Waals surface area (Å²) >= 11 is 0. The van der Waals surface area contributed by atoms with Gasteiger partial charge in [0.15, 0.2) is 5.69 Å². The lowest BCUT2D eigenvalue weighted by Gasteiger charge is -2.25. The molecule has 3 atom stereocenters. The Hall–Kier alpha value is -3.43. The predicted molar refractivity (Wildman–Crippen MR) is 114 cm³/mol. The van der Waals surface area contributed by atoms with Crippen LogP contribution in [0.15, 0.2) is 42.9 Å². The quantitative estimate of drug-likeness (QED) is 0.566. The van der Waals surface area contributed by atoms with E-state index in [4.69, 9.17) is 4.74 Å². The number of aromatic nitrogens is 5. The van der Waals surface area contributed by atoms with Gasteiger partial charge in [-0.1, -0.05) is 0 Å². The van der Waals surface area contributed by atoms with Gasteiger partial charge >= 0.3 is 0 Å². The minimum Gasteiger partial charge on any atom is -0.477 e. The molecule has 33 heavy (non-hydrogen) atoms. The largest absolute Gasteiger partial charge is 0.477 e. The number of pyridine rings is 2. The summed E-state index contributed by atoms with van der Waals surface area (Å²) in [6.07, 6.45) is 6.90. The highest BCUT2D eigenvalue weighted by molar-refractivity contribution is 5.96. The maximum atomic E-state index is 13.6. The number of aryl methyl sites for hydroxylation is 1. The fraction of sp³-hybridized carbons (Fsp3) is 0.435. The zero-order valence-electron chi connectivity index (χ0n) is 18.4. The molecule has 0 saturated carbocycles. The second kappa shape index (κ2) is 8.17. The van der Waals surface area contributed by atoms with Gasteiger partial charge in [-0.3, -0.25) is 4.79 Å². The van der Waals surface area contributed by atoms with Crippen LogP contribution in [-0.2, 0) is 5.92 Å². The molecule has 0 radical (unpaired) electrons. The monoisotopic (exact) mass is 454 g/mol. The van der Waals surface area contributed by atoms with Crippen molar-refractivity contribution in [2.75, 3.05) is 6.61 Å². The van der Waals surface area contributed by atoms with Gasteiger partial charge in [0.1, 0.15) is 5.69 Å². The van der Waals surface area contributed by atoms with Crippen LogP contribution < -0.4 is 4.74 Å². The molecule has 5 rings (SSSR count). The Labute approximate surface area is 189 Å². The third-order valence-corrected chi connectivity index (χ3v) is 6.44. The molecule has 2 aliphatic rings. The van der Waals surface area contributed by atoms with E-state index in [-0.39, 0.29) is 29.5 Å². The standard InChI is InChI=1S/C23H24F2N6O2/c1-14-3-6-19(31-27-9-10-28-31)21(29-14)22(32)30-17-5-7-18(30)15(11-17)13-33-20-8-4-16(12-26-20)23(2,24)25/h3-4,6,8-10,12,15,17-18H,5,7,11,13H2,1-2H3. The number of halogens is 2. The van der Waals surface area contributed by atoms with E-state index in [1.807, 2.05) is 24.0 Å². The molecule has 8 nitrogen and oxygen atoms in total.